The maximum Gasteiger partial charge on any atom is 0.248 e. The lowest BCUT2D eigenvalue weighted by atomic mass is 9.88. The van der Waals surface area contributed by atoms with Crippen LogP contribution in [0.25, 0.3) is 0 Å². The maximum absolute atomic E-state index is 11.5. The quantitative estimate of drug-likeness (QED) is 0.857. The monoisotopic (exact) mass is 274 g/mol. The maximum atomic E-state index is 11.5. The number of fused-ring (bicyclic) bond motifs is 1. The van der Waals surface area contributed by atoms with Crippen LogP contribution in [0.5, 0.6) is 0 Å². The van der Waals surface area contributed by atoms with Gasteiger partial charge in [-0.25, -0.2) is 0 Å². The molecule has 0 aromatic heterocycles. The molecule has 1 amide bonds. The van der Waals surface area contributed by atoms with E-state index in [0.717, 1.165) is 44.3 Å². The summed E-state index contributed by atoms with van der Waals surface area (Å²) in [7, 11) is 0. The van der Waals surface area contributed by atoms with Gasteiger partial charge in [0.05, 0.1) is 6.10 Å². The first-order chi connectivity index (χ1) is 9.66. The Morgan fingerprint density at radius 1 is 1.30 bits per heavy atom. The lowest BCUT2D eigenvalue weighted by Gasteiger charge is -2.40. The molecule has 0 saturated heterocycles. The van der Waals surface area contributed by atoms with E-state index in [4.69, 9.17) is 5.73 Å². The molecule has 0 radical (unpaired) electrons. The Labute approximate surface area is 119 Å². The number of aliphatic hydroxyl groups excluding tert-OH is 1. The number of aliphatic hydroxyl groups is 1. The SMILES string of the molecule is NC(=O)c1cccc2c1CCN([C@@H]1CCCC[C@H]1O)C2. The van der Waals surface area contributed by atoms with Gasteiger partial charge in [0.2, 0.25) is 5.91 Å². The Morgan fingerprint density at radius 3 is 2.85 bits per heavy atom. The van der Waals surface area contributed by atoms with Gasteiger partial charge in [-0.1, -0.05) is 25.0 Å². The largest absolute Gasteiger partial charge is 0.391 e. The van der Waals surface area contributed by atoms with Crippen LogP contribution in [-0.4, -0.2) is 34.6 Å². The zero-order valence-electron chi connectivity index (χ0n) is 11.7. The molecule has 20 heavy (non-hydrogen) atoms. The number of carbonyl (C=O) groups is 1. The first-order valence-corrected chi connectivity index (χ1v) is 7.49. The van der Waals surface area contributed by atoms with Crippen molar-refractivity contribution in [3.05, 3.63) is 34.9 Å². The van der Waals surface area contributed by atoms with Crippen LogP contribution in [-0.2, 0) is 13.0 Å². The molecule has 1 aromatic carbocycles. The van der Waals surface area contributed by atoms with Crippen LogP contribution < -0.4 is 5.73 Å². The fourth-order valence-corrected chi connectivity index (χ4v) is 3.66. The molecule has 3 N–H and O–H groups in total. The molecule has 0 bridgehead atoms. The Bertz CT molecular complexity index is 515. The topological polar surface area (TPSA) is 66.6 Å². The molecule has 0 unspecified atom stereocenters. The van der Waals surface area contributed by atoms with E-state index < -0.39 is 0 Å². The Kier molecular flexibility index (Phi) is 3.76. The second-order valence-corrected chi connectivity index (χ2v) is 5.95. The van der Waals surface area contributed by atoms with Crippen LogP contribution in [0.3, 0.4) is 0 Å². The van der Waals surface area contributed by atoms with E-state index in [2.05, 4.69) is 11.0 Å². The van der Waals surface area contributed by atoms with Gasteiger partial charge >= 0.3 is 0 Å². The molecule has 0 spiro atoms. The van der Waals surface area contributed by atoms with Crippen molar-refractivity contribution in [3.8, 4) is 0 Å². The number of carbonyl (C=O) groups excluding carboxylic acids is 1. The summed E-state index contributed by atoms with van der Waals surface area (Å²) < 4.78 is 0. The Balaban J connectivity index is 1.82. The highest BCUT2D eigenvalue weighted by Crippen LogP contribution is 2.29. The number of nitrogens with two attached hydrogens (primary N) is 1. The van der Waals surface area contributed by atoms with E-state index in [9.17, 15) is 9.90 Å². The van der Waals surface area contributed by atoms with Crippen LogP contribution in [0.15, 0.2) is 18.2 Å². The summed E-state index contributed by atoms with van der Waals surface area (Å²) in [6, 6.07) is 6.06. The zero-order chi connectivity index (χ0) is 14.1. The highest BCUT2D eigenvalue weighted by Gasteiger charge is 2.31. The van der Waals surface area contributed by atoms with Crippen LogP contribution in [0.2, 0.25) is 0 Å². The van der Waals surface area contributed by atoms with Gasteiger partial charge in [-0.2, -0.15) is 0 Å². The highest BCUT2D eigenvalue weighted by atomic mass is 16.3. The van der Waals surface area contributed by atoms with Gasteiger partial charge in [0, 0.05) is 24.7 Å². The smallest absolute Gasteiger partial charge is 0.248 e. The first kappa shape index (κ1) is 13.6. The molecule has 1 aliphatic carbocycles. The third-order valence-electron chi connectivity index (χ3n) is 4.72. The van der Waals surface area contributed by atoms with Gasteiger partial charge in [0.25, 0.3) is 0 Å². The van der Waals surface area contributed by atoms with Gasteiger partial charge in [-0.05, 0) is 36.5 Å². The van der Waals surface area contributed by atoms with Gasteiger partial charge in [0.1, 0.15) is 0 Å². The van der Waals surface area contributed by atoms with Crippen LogP contribution in [0.1, 0.15) is 47.2 Å². The van der Waals surface area contributed by atoms with Crippen LogP contribution >= 0.6 is 0 Å². The predicted octanol–water partition coefficient (Wildman–Crippen LogP) is 1.45. The van der Waals surface area contributed by atoms with Crippen molar-refractivity contribution in [3.63, 3.8) is 0 Å². The molecule has 4 nitrogen and oxygen atoms in total. The number of nitrogens with zero attached hydrogens (tertiary/aromatic N) is 1. The molecule has 4 heteroatoms. The summed E-state index contributed by atoms with van der Waals surface area (Å²) in [5.41, 5.74) is 8.39. The van der Waals surface area contributed by atoms with Crippen molar-refractivity contribution in [2.24, 2.45) is 5.73 Å². The van der Waals surface area contributed by atoms with Crippen LogP contribution in [0, 0.1) is 0 Å². The minimum Gasteiger partial charge on any atom is -0.391 e. The number of rotatable bonds is 2. The molecule has 2 atom stereocenters. The minimum absolute atomic E-state index is 0.204. The highest BCUT2D eigenvalue weighted by molar-refractivity contribution is 5.94. The molecule has 1 saturated carbocycles. The van der Waals surface area contributed by atoms with E-state index in [1.807, 2.05) is 12.1 Å². The predicted molar refractivity (Wildman–Crippen MR) is 77.3 cm³/mol. The average Bonchev–Trinajstić information content (AvgIpc) is 2.46. The molecular formula is C16H22N2O2. The fraction of sp³-hybridized carbons (Fsp3) is 0.562. The summed E-state index contributed by atoms with van der Waals surface area (Å²) >= 11 is 0. The normalized spacial score (nSPS) is 27.1. The number of primary amides is 1. The average molecular weight is 274 g/mol. The fourth-order valence-electron chi connectivity index (χ4n) is 3.66. The second-order valence-electron chi connectivity index (χ2n) is 5.95. The van der Waals surface area contributed by atoms with Gasteiger partial charge in [-0.15, -0.1) is 0 Å². The van der Waals surface area contributed by atoms with E-state index in [1.165, 1.54) is 12.0 Å². The summed E-state index contributed by atoms with van der Waals surface area (Å²) in [5, 5.41) is 10.2. The number of amides is 1. The second kappa shape index (κ2) is 5.54. The number of benzene rings is 1. The third-order valence-corrected chi connectivity index (χ3v) is 4.72. The lowest BCUT2D eigenvalue weighted by Crippen LogP contribution is -2.47. The standard InChI is InChI=1S/C16H22N2O2/c17-16(20)13-5-3-4-11-10-18(9-8-12(11)13)14-6-1-2-7-15(14)19/h3-5,14-15,19H,1-2,6-10H2,(H2,17,20)/t14-,15-/m1/s1. The molecule has 3 rings (SSSR count). The first-order valence-electron chi connectivity index (χ1n) is 7.49. The van der Waals surface area contributed by atoms with E-state index in [0.29, 0.717) is 5.56 Å². The molecule has 1 fully saturated rings. The number of hydrogen-bond donors (Lipinski definition) is 2. The third kappa shape index (κ3) is 2.45. The van der Waals surface area contributed by atoms with E-state index in [-0.39, 0.29) is 18.1 Å². The summed E-state index contributed by atoms with van der Waals surface area (Å²) in [4.78, 5) is 13.8. The summed E-state index contributed by atoms with van der Waals surface area (Å²) in [6.45, 7) is 1.72. The van der Waals surface area contributed by atoms with Crippen molar-refractivity contribution >= 4 is 5.91 Å². The van der Waals surface area contributed by atoms with E-state index in [1.54, 1.807) is 0 Å². The van der Waals surface area contributed by atoms with Gasteiger partial charge in [-0.3, -0.25) is 9.69 Å². The minimum atomic E-state index is -0.340. The van der Waals surface area contributed by atoms with Crippen molar-refractivity contribution in [1.29, 1.82) is 0 Å². The Hall–Kier alpha value is -1.39. The zero-order valence-corrected chi connectivity index (χ0v) is 11.7. The summed E-state index contributed by atoms with van der Waals surface area (Å²) in [5.74, 6) is -0.340. The molecule has 1 heterocycles. The summed E-state index contributed by atoms with van der Waals surface area (Å²) in [6.07, 6.45) is 4.96. The lowest BCUT2D eigenvalue weighted by molar-refractivity contribution is 0.0131. The molecule has 1 aromatic rings. The van der Waals surface area contributed by atoms with E-state index >= 15 is 0 Å². The van der Waals surface area contributed by atoms with Crippen molar-refractivity contribution in [2.75, 3.05) is 6.54 Å². The van der Waals surface area contributed by atoms with Crippen LogP contribution in [0.4, 0.5) is 0 Å². The van der Waals surface area contributed by atoms with Crippen molar-refractivity contribution < 1.29 is 9.90 Å². The molecule has 108 valence electrons. The molecule has 2 aliphatic rings. The molecular weight excluding hydrogens is 252 g/mol. The van der Waals surface area contributed by atoms with Crippen molar-refractivity contribution in [1.82, 2.24) is 4.90 Å². The van der Waals surface area contributed by atoms with Gasteiger partial charge in [0.15, 0.2) is 0 Å². The van der Waals surface area contributed by atoms with Crippen molar-refractivity contribution in [2.45, 2.75) is 50.8 Å². The Morgan fingerprint density at radius 2 is 2.10 bits per heavy atom. The molecule has 1 aliphatic heterocycles. The van der Waals surface area contributed by atoms with Gasteiger partial charge < -0.3 is 10.8 Å². The number of hydrogen-bond acceptors (Lipinski definition) is 3.